The van der Waals surface area contributed by atoms with E-state index in [2.05, 4.69) is 41.5 Å². The van der Waals surface area contributed by atoms with E-state index >= 15 is 0 Å². The first kappa shape index (κ1) is 22.6. The van der Waals surface area contributed by atoms with Crippen molar-refractivity contribution in [1.82, 2.24) is 25.5 Å². The van der Waals surface area contributed by atoms with Crippen LogP contribution in [0.3, 0.4) is 0 Å². The summed E-state index contributed by atoms with van der Waals surface area (Å²) in [5.41, 5.74) is 1.18. The smallest absolute Gasteiger partial charge is 0.225 e. The van der Waals surface area contributed by atoms with E-state index in [-0.39, 0.29) is 0 Å². The van der Waals surface area contributed by atoms with Crippen molar-refractivity contribution >= 4 is 11.9 Å². The maximum Gasteiger partial charge on any atom is 0.225 e. The number of hydrogen-bond acceptors (Lipinski definition) is 7. The molecule has 0 bridgehead atoms. The summed E-state index contributed by atoms with van der Waals surface area (Å²) in [6, 6.07) is 7.85. The Hall–Kier alpha value is -3.07. The predicted molar refractivity (Wildman–Crippen MR) is 123 cm³/mol. The van der Waals surface area contributed by atoms with E-state index in [1.54, 1.807) is 33.7 Å². The van der Waals surface area contributed by atoms with Crippen LogP contribution in [0.4, 0.5) is 5.95 Å². The zero-order chi connectivity index (χ0) is 21.9. The molecule has 1 aromatic heterocycles. The van der Waals surface area contributed by atoms with Crippen molar-refractivity contribution in [2.24, 2.45) is 4.99 Å². The molecule has 1 fully saturated rings. The van der Waals surface area contributed by atoms with E-state index < -0.39 is 0 Å². The normalized spacial score (nSPS) is 14.9. The van der Waals surface area contributed by atoms with Crippen molar-refractivity contribution in [3.63, 3.8) is 0 Å². The van der Waals surface area contributed by atoms with Gasteiger partial charge in [0.25, 0.3) is 0 Å². The van der Waals surface area contributed by atoms with Gasteiger partial charge in [-0.05, 0) is 30.2 Å². The molecule has 9 heteroatoms. The summed E-state index contributed by atoms with van der Waals surface area (Å²) in [6.45, 7) is 6.50. The zero-order valence-electron chi connectivity index (χ0n) is 18.7. The molecule has 0 atom stereocenters. The fourth-order valence-electron chi connectivity index (χ4n) is 3.54. The summed E-state index contributed by atoms with van der Waals surface area (Å²) >= 11 is 0. The minimum Gasteiger partial charge on any atom is -0.493 e. The van der Waals surface area contributed by atoms with Crippen LogP contribution < -0.4 is 25.0 Å². The monoisotopic (exact) mass is 427 g/mol. The van der Waals surface area contributed by atoms with Gasteiger partial charge in [-0.15, -0.1) is 0 Å². The average Bonchev–Trinajstić information content (AvgIpc) is 2.84. The van der Waals surface area contributed by atoms with Crippen LogP contribution >= 0.6 is 0 Å². The van der Waals surface area contributed by atoms with Crippen LogP contribution in [-0.4, -0.2) is 87.9 Å². The van der Waals surface area contributed by atoms with Crippen molar-refractivity contribution in [1.29, 1.82) is 0 Å². The van der Waals surface area contributed by atoms with Crippen LogP contribution in [0.25, 0.3) is 0 Å². The Morgan fingerprint density at radius 3 is 2.39 bits per heavy atom. The summed E-state index contributed by atoms with van der Waals surface area (Å²) in [4.78, 5) is 17.7. The van der Waals surface area contributed by atoms with Crippen LogP contribution in [0.5, 0.6) is 11.5 Å². The molecule has 3 rings (SSSR count). The van der Waals surface area contributed by atoms with Crippen molar-refractivity contribution < 1.29 is 9.47 Å². The molecule has 0 aliphatic carbocycles. The second-order valence-electron chi connectivity index (χ2n) is 7.24. The van der Waals surface area contributed by atoms with Gasteiger partial charge in [0.05, 0.1) is 14.2 Å². The fraction of sp³-hybridized carbons (Fsp3) is 0.500. The number of nitrogens with one attached hydrogen (secondary N) is 2. The Morgan fingerprint density at radius 2 is 1.71 bits per heavy atom. The molecule has 0 saturated carbocycles. The van der Waals surface area contributed by atoms with Crippen molar-refractivity contribution in [3.05, 3.63) is 42.2 Å². The molecule has 1 aromatic carbocycles. The zero-order valence-corrected chi connectivity index (χ0v) is 18.7. The predicted octanol–water partition coefficient (Wildman–Crippen LogP) is 1.02. The highest BCUT2D eigenvalue weighted by Gasteiger charge is 2.18. The molecule has 2 aromatic rings. The molecule has 2 heterocycles. The standard InChI is InChI=1S/C22H33N7O2/c1-23-21(24-10-7-18-5-6-19(30-2)20(17-18)31-3)25-11-12-28-13-15-29(16-14-28)22-26-8-4-9-27-22/h4-6,8-9,17H,7,10-16H2,1-3H3,(H2,23,24,25). The summed E-state index contributed by atoms with van der Waals surface area (Å²) in [5, 5.41) is 6.77. The van der Waals surface area contributed by atoms with Crippen molar-refractivity contribution in [2.45, 2.75) is 6.42 Å². The van der Waals surface area contributed by atoms with Crippen LogP contribution in [0.2, 0.25) is 0 Å². The lowest BCUT2D eigenvalue weighted by atomic mass is 10.1. The first-order valence-corrected chi connectivity index (χ1v) is 10.6. The van der Waals surface area contributed by atoms with Gasteiger partial charge < -0.3 is 25.0 Å². The quantitative estimate of drug-likeness (QED) is 0.453. The number of ether oxygens (including phenoxy) is 2. The summed E-state index contributed by atoms with van der Waals surface area (Å²) < 4.78 is 10.7. The number of benzene rings is 1. The largest absolute Gasteiger partial charge is 0.493 e. The third-order valence-electron chi connectivity index (χ3n) is 5.31. The number of methoxy groups -OCH3 is 2. The molecule has 1 aliphatic heterocycles. The highest BCUT2D eigenvalue weighted by Crippen LogP contribution is 2.27. The van der Waals surface area contributed by atoms with E-state index in [9.17, 15) is 0 Å². The Labute approximate surface area is 184 Å². The van der Waals surface area contributed by atoms with Gasteiger partial charge in [-0.3, -0.25) is 9.89 Å². The third-order valence-corrected chi connectivity index (χ3v) is 5.31. The summed E-state index contributed by atoms with van der Waals surface area (Å²) in [7, 11) is 5.09. The molecule has 0 unspecified atom stereocenters. The van der Waals surface area contributed by atoms with Crippen LogP contribution in [-0.2, 0) is 6.42 Å². The van der Waals surface area contributed by atoms with Crippen molar-refractivity contribution in [3.8, 4) is 11.5 Å². The molecule has 1 saturated heterocycles. The molecule has 0 radical (unpaired) electrons. The number of hydrogen-bond donors (Lipinski definition) is 2. The van der Waals surface area contributed by atoms with Crippen molar-refractivity contribution in [2.75, 3.05) is 72.0 Å². The SMILES string of the molecule is CN=C(NCCc1ccc(OC)c(OC)c1)NCCN1CCN(c2ncccn2)CC1. The van der Waals surface area contributed by atoms with Gasteiger partial charge in [0.1, 0.15) is 0 Å². The topological polar surface area (TPSA) is 87.1 Å². The molecule has 1 aliphatic rings. The Bertz CT molecular complexity index is 824. The van der Waals surface area contributed by atoms with E-state index in [4.69, 9.17) is 9.47 Å². The molecule has 31 heavy (non-hydrogen) atoms. The van der Waals surface area contributed by atoms with E-state index in [0.717, 1.165) is 75.6 Å². The van der Waals surface area contributed by atoms with Crippen LogP contribution in [0.15, 0.2) is 41.7 Å². The number of rotatable bonds is 9. The number of aliphatic imine (C=N–C) groups is 1. The van der Waals surface area contributed by atoms with Gasteiger partial charge in [-0.2, -0.15) is 0 Å². The number of aromatic nitrogens is 2. The van der Waals surface area contributed by atoms with Gasteiger partial charge >= 0.3 is 0 Å². The lowest BCUT2D eigenvalue weighted by Crippen LogP contribution is -2.49. The average molecular weight is 428 g/mol. The van der Waals surface area contributed by atoms with Gasteiger partial charge in [-0.25, -0.2) is 9.97 Å². The third kappa shape index (κ3) is 6.71. The number of nitrogens with zero attached hydrogens (tertiary/aromatic N) is 5. The molecule has 9 nitrogen and oxygen atoms in total. The Morgan fingerprint density at radius 1 is 1.00 bits per heavy atom. The highest BCUT2D eigenvalue weighted by molar-refractivity contribution is 5.79. The van der Waals surface area contributed by atoms with Crippen LogP contribution in [0, 0.1) is 0 Å². The van der Waals surface area contributed by atoms with Gasteiger partial charge in [-0.1, -0.05) is 6.07 Å². The second-order valence-corrected chi connectivity index (χ2v) is 7.24. The molecule has 2 N–H and O–H groups in total. The molecule has 168 valence electrons. The van der Waals surface area contributed by atoms with E-state index in [0.29, 0.717) is 0 Å². The first-order valence-electron chi connectivity index (χ1n) is 10.6. The van der Waals surface area contributed by atoms with E-state index in [1.165, 1.54) is 5.56 Å². The van der Waals surface area contributed by atoms with Gasteiger partial charge in [0, 0.05) is 65.3 Å². The number of piperazine rings is 1. The maximum atomic E-state index is 5.37. The van der Waals surface area contributed by atoms with Gasteiger partial charge in [0.15, 0.2) is 17.5 Å². The minimum atomic E-state index is 0.744. The maximum absolute atomic E-state index is 5.37. The molecule has 0 amide bonds. The second kappa shape index (κ2) is 11.9. The van der Waals surface area contributed by atoms with E-state index in [1.807, 2.05) is 18.2 Å². The Balaban J connectivity index is 1.34. The minimum absolute atomic E-state index is 0.744. The fourth-order valence-corrected chi connectivity index (χ4v) is 3.54. The summed E-state index contributed by atoms with van der Waals surface area (Å²) in [6.07, 6.45) is 4.45. The Kier molecular flexibility index (Phi) is 8.71. The lowest BCUT2D eigenvalue weighted by molar-refractivity contribution is 0.260. The summed E-state index contributed by atoms with van der Waals surface area (Å²) in [5.74, 6) is 3.13. The number of anilines is 1. The molecule has 0 spiro atoms. The lowest BCUT2D eigenvalue weighted by Gasteiger charge is -2.34. The van der Waals surface area contributed by atoms with Gasteiger partial charge in [0.2, 0.25) is 5.95 Å². The highest BCUT2D eigenvalue weighted by atomic mass is 16.5. The molecular formula is C22H33N7O2. The number of guanidine groups is 1. The van der Waals surface area contributed by atoms with Crippen LogP contribution in [0.1, 0.15) is 5.56 Å². The molecular weight excluding hydrogens is 394 g/mol. The first-order chi connectivity index (χ1) is 15.2.